The van der Waals surface area contributed by atoms with Gasteiger partial charge in [0.05, 0.1) is 15.9 Å². The second-order valence-electron chi connectivity index (χ2n) is 6.40. The molecule has 0 aliphatic heterocycles. The Hall–Kier alpha value is -2.74. The van der Waals surface area contributed by atoms with Crippen LogP contribution in [-0.4, -0.2) is 28.5 Å². The smallest absolute Gasteiger partial charge is 0.223 e. The van der Waals surface area contributed by atoms with Crippen molar-refractivity contribution in [1.29, 1.82) is 0 Å². The third kappa shape index (κ3) is 4.91. The lowest BCUT2D eigenvalue weighted by atomic mass is 10.1. The van der Waals surface area contributed by atoms with Crippen LogP contribution in [0.2, 0.25) is 0 Å². The van der Waals surface area contributed by atoms with E-state index in [4.69, 9.17) is 4.52 Å². The normalized spacial score (nSPS) is 10.9. The van der Waals surface area contributed by atoms with Gasteiger partial charge in [-0.05, 0) is 44.4 Å². The molecule has 2 amide bonds. The fourth-order valence-electron chi connectivity index (χ4n) is 2.86. The van der Waals surface area contributed by atoms with Gasteiger partial charge in [-0.2, -0.15) is 0 Å². The van der Waals surface area contributed by atoms with Gasteiger partial charge in [0.1, 0.15) is 5.76 Å². The standard InChI is InChI=1S/C19H22N4O3S/c1-11-15(12(2)26-23-11)8-9-20-18(25)7-5-14-4-6-16-17(10-14)27-19(22-16)21-13(3)24/h4,6,10H,5,7-9H2,1-3H3,(H,20,25)(H,21,22,24). The highest BCUT2D eigenvalue weighted by molar-refractivity contribution is 7.22. The second-order valence-corrected chi connectivity index (χ2v) is 7.44. The van der Waals surface area contributed by atoms with Gasteiger partial charge in [-0.1, -0.05) is 22.6 Å². The number of benzene rings is 1. The van der Waals surface area contributed by atoms with E-state index < -0.39 is 0 Å². The number of amides is 2. The first-order valence-corrected chi connectivity index (χ1v) is 9.59. The summed E-state index contributed by atoms with van der Waals surface area (Å²) in [6.07, 6.45) is 1.79. The molecule has 0 unspecified atom stereocenters. The Bertz CT molecular complexity index is 957. The van der Waals surface area contributed by atoms with Crippen LogP contribution in [-0.2, 0) is 22.4 Å². The molecule has 0 atom stereocenters. The monoisotopic (exact) mass is 386 g/mol. The quantitative estimate of drug-likeness (QED) is 0.650. The van der Waals surface area contributed by atoms with E-state index >= 15 is 0 Å². The van der Waals surface area contributed by atoms with Crippen LogP contribution in [0.1, 0.15) is 35.9 Å². The van der Waals surface area contributed by atoms with Gasteiger partial charge >= 0.3 is 0 Å². The van der Waals surface area contributed by atoms with Crippen molar-refractivity contribution in [2.45, 2.75) is 40.0 Å². The van der Waals surface area contributed by atoms with Crippen molar-refractivity contribution in [2.24, 2.45) is 0 Å². The van der Waals surface area contributed by atoms with E-state index in [0.29, 0.717) is 30.9 Å². The molecule has 2 heterocycles. The second kappa shape index (κ2) is 8.30. The van der Waals surface area contributed by atoms with Crippen LogP contribution in [0.3, 0.4) is 0 Å². The number of carbonyl (C=O) groups excluding carboxylic acids is 2. The molecule has 3 rings (SSSR count). The molecule has 0 aliphatic carbocycles. The molecule has 0 bridgehead atoms. The highest BCUT2D eigenvalue weighted by atomic mass is 32.1. The van der Waals surface area contributed by atoms with E-state index in [9.17, 15) is 9.59 Å². The first-order valence-electron chi connectivity index (χ1n) is 8.78. The minimum atomic E-state index is -0.137. The minimum absolute atomic E-state index is 0.0186. The summed E-state index contributed by atoms with van der Waals surface area (Å²) in [5.41, 5.74) is 3.84. The Morgan fingerprint density at radius 1 is 1.22 bits per heavy atom. The molecule has 1 aromatic carbocycles. The number of hydrogen-bond donors (Lipinski definition) is 2. The van der Waals surface area contributed by atoms with Crippen LogP contribution in [0.15, 0.2) is 22.7 Å². The van der Waals surface area contributed by atoms with Crippen molar-refractivity contribution >= 4 is 38.5 Å². The lowest BCUT2D eigenvalue weighted by Crippen LogP contribution is -2.26. The molecule has 0 radical (unpaired) electrons. The minimum Gasteiger partial charge on any atom is -0.361 e. The molecular formula is C19H22N4O3S. The van der Waals surface area contributed by atoms with Gasteiger partial charge in [0, 0.05) is 25.5 Å². The van der Waals surface area contributed by atoms with Crippen LogP contribution in [0.25, 0.3) is 10.2 Å². The number of hydrogen-bond acceptors (Lipinski definition) is 6. The maximum absolute atomic E-state index is 12.1. The predicted molar refractivity (Wildman–Crippen MR) is 105 cm³/mol. The molecule has 8 heteroatoms. The molecule has 0 aliphatic rings. The van der Waals surface area contributed by atoms with Gasteiger partial charge in [0.15, 0.2) is 5.13 Å². The summed E-state index contributed by atoms with van der Waals surface area (Å²) in [5, 5.41) is 10.1. The zero-order valence-electron chi connectivity index (χ0n) is 15.6. The number of carbonyl (C=O) groups is 2. The number of rotatable bonds is 7. The summed E-state index contributed by atoms with van der Waals surface area (Å²) in [7, 11) is 0. The van der Waals surface area contributed by atoms with Crippen molar-refractivity contribution in [2.75, 3.05) is 11.9 Å². The highest BCUT2D eigenvalue weighted by Crippen LogP contribution is 2.27. The van der Waals surface area contributed by atoms with E-state index in [-0.39, 0.29) is 11.8 Å². The molecule has 3 aromatic rings. The molecule has 142 valence electrons. The van der Waals surface area contributed by atoms with Crippen molar-refractivity contribution < 1.29 is 14.1 Å². The van der Waals surface area contributed by atoms with Crippen LogP contribution in [0, 0.1) is 13.8 Å². The average molecular weight is 386 g/mol. The van der Waals surface area contributed by atoms with Gasteiger partial charge in [0.25, 0.3) is 0 Å². The van der Waals surface area contributed by atoms with E-state index in [0.717, 1.165) is 32.8 Å². The van der Waals surface area contributed by atoms with Crippen LogP contribution in [0.5, 0.6) is 0 Å². The third-order valence-electron chi connectivity index (χ3n) is 4.25. The SMILES string of the molecule is CC(=O)Nc1nc2ccc(CCC(=O)NCCc3c(C)noc3C)cc2s1. The summed E-state index contributed by atoms with van der Waals surface area (Å²) in [6.45, 7) is 5.81. The summed E-state index contributed by atoms with van der Waals surface area (Å²) < 4.78 is 6.12. The van der Waals surface area contributed by atoms with Crippen molar-refractivity contribution in [3.63, 3.8) is 0 Å². The molecule has 0 fully saturated rings. The largest absolute Gasteiger partial charge is 0.361 e. The predicted octanol–water partition coefficient (Wildman–Crippen LogP) is 3.15. The third-order valence-corrected chi connectivity index (χ3v) is 5.19. The van der Waals surface area contributed by atoms with E-state index in [1.165, 1.54) is 18.3 Å². The Morgan fingerprint density at radius 2 is 2.04 bits per heavy atom. The van der Waals surface area contributed by atoms with E-state index in [1.807, 2.05) is 32.0 Å². The van der Waals surface area contributed by atoms with E-state index in [2.05, 4.69) is 20.8 Å². The van der Waals surface area contributed by atoms with Crippen molar-refractivity contribution in [3.8, 4) is 0 Å². The lowest BCUT2D eigenvalue weighted by Gasteiger charge is -2.05. The molecule has 27 heavy (non-hydrogen) atoms. The van der Waals surface area contributed by atoms with Crippen LogP contribution >= 0.6 is 11.3 Å². The number of aryl methyl sites for hydroxylation is 3. The lowest BCUT2D eigenvalue weighted by molar-refractivity contribution is -0.121. The fourth-order valence-corrected chi connectivity index (χ4v) is 3.84. The van der Waals surface area contributed by atoms with Gasteiger partial charge in [-0.15, -0.1) is 0 Å². The Labute approximate surface area is 161 Å². The molecule has 0 spiro atoms. The summed E-state index contributed by atoms with van der Waals surface area (Å²) >= 11 is 1.43. The Balaban J connectivity index is 1.50. The average Bonchev–Trinajstić information content (AvgIpc) is 3.15. The van der Waals surface area contributed by atoms with Gasteiger partial charge < -0.3 is 15.2 Å². The van der Waals surface area contributed by atoms with Gasteiger partial charge in [-0.3, -0.25) is 9.59 Å². The van der Waals surface area contributed by atoms with Crippen molar-refractivity contribution in [3.05, 3.63) is 40.8 Å². The van der Waals surface area contributed by atoms with Crippen LogP contribution < -0.4 is 10.6 Å². The Kier molecular flexibility index (Phi) is 5.85. The first kappa shape index (κ1) is 19.0. The summed E-state index contributed by atoms with van der Waals surface area (Å²) in [4.78, 5) is 27.6. The molecule has 2 N–H and O–H groups in total. The fraction of sp³-hybridized carbons (Fsp3) is 0.368. The summed E-state index contributed by atoms with van der Waals surface area (Å²) in [5.74, 6) is 0.686. The maximum Gasteiger partial charge on any atom is 0.223 e. The zero-order valence-corrected chi connectivity index (χ0v) is 16.4. The highest BCUT2D eigenvalue weighted by Gasteiger charge is 2.10. The van der Waals surface area contributed by atoms with Gasteiger partial charge in [0.2, 0.25) is 11.8 Å². The molecular weight excluding hydrogens is 364 g/mol. The topological polar surface area (TPSA) is 97.1 Å². The molecule has 7 nitrogen and oxygen atoms in total. The number of anilines is 1. The molecule has 2 aromatic heterocycles. The first-order chi connectivity index (χ1) is 12.9. The van der Waals surface area contributed by atoms with Crippen LogP contribution in [0.4, 0.5) is 5.13 Å². The van der Waals surface area contributed by atoms with E-state index in [1.54, 1.807) is 0 Å². The number of aromatic nitrogens is 2. The number of nitrogens with zero attached hydrogens (tertiary/aromatic N) is 2. The van der Waals surface area contributed by atoms with Crippen molar-refractivity contribution in [1.82, 2.24) is 15.5 Å². The van der Waals surface area contributed by atoms with Gasteiger partial charge in [-0.25, -0.2) is 4.98 Å². The zero-order chi connectivity index (χ0) is 19.4. The maximum atomic E-state index is 12.1. The number of nitrogens with one attached hydrogen (secondary N) is 2. The number of fused-ring (bicyclic) bond motifs is 1. The number of thiazole rings is 1. The Morgan fingerprint density at radius 3 is 2.74 bits per heavy atom. The summed E-state index contributed by atoms with van der Waals surface area (Å²) in [6, 6.07) is 5.91. The molecule has 0 saturated heterocycles. The molecule has 0 saturated carbocycles.